The van der Waals surface area contributed by atoms with Crippen molar-refractivity contribution < 1.29 is 41.0 Å². The van der Waals surface area contributed by atoms with Crippen molar-refractivity contribution in [2.24, 2.45) is 16.7 Å². The summed E-state index contributed by atoms with van der Waals surface area (Å²) in [6, 6.07) is 0. The molecule has 0 fully saturated rings. The zero-order chi connectivity index (χ0) is 21.0. The van der Waals surface area contributed by atoms with Crippen LogP contribution >= 0.6 is 0 Å². The van der Waals surface area contributed by atoms with E-state index in [2.05, 4.69) is 4.74 Å². The largest absolute Gasteiger partial charge is 0.456 e. The molecule has 0 rings (SSSR count). The molecule has 0 N–H and O–H groups in total. The van der Waals surface area contributed by atoms with Crippen LogP contribution in [-0.2, 0) is 19.1 Å². The van der Waals surface area contributed by atoms with Gasteiger partial charge in [0.25, 0.3) is 0 Å². The first-order chi connectivity index (χ1) is 11.4. The van der Waals surface area contributed by atoms with E-state index in [1.807, 2.05) is 41.5 Å². The normalized spacial score (nSPS) is 14.7. The maximum atomic E-state index is 12.7. The van der Waals surface area contributed by atoms with Gasteiger partial charge in [-0.2, -0.15) is 22.0 Å². The third-order valence-corrected chi connectivity index (χ3v) is 4.21. The van der Waals surface area contributed by atoms with Crippen LogP contribution in [0.4, 0.5) is 22.0 Å². The molecule has 0 aromatic rings. The lowest BCUT2D eigenvalue weighted by Gasteiger charge is -2.35. The van der Waals surface area contributed by atoms with Crippen LogP contribution in [0.3, 0.4) is 0 Å². The Morgan fingerprint density at radius 2 is 1.42 bits per heavy atom. The van der Waals surface area contributed by atoms with Gasteiger partial charge in [-0.25, -0.2) is 4.79 Å². The van der Waals surface area contributed by atoms with Crippen molar-refractivity contribution in [3.8, 4) is 0 Å². The smallest absolute Gasteiger partial charge is 0.456 e. The minimum Gasteiger partial charge on any atom is -0.456 e. The van der Waals surface area contributed by atoms with E-state index in [4.69, 9.17) is 4.74 Å². The van der Waals surface area contributed by atoms with Crippen molar-refractivity contribution in [1.82, 2.24) is 0 Å². The van der Waals surface area contributed by atoms with E-state index in [0.29, 0.717) is 6.42 Å². The summed E-state index contributed by atoms with van der Waals surface area (Å²) >= 11 is 0. The summed E-state index contributed by atoms with van der Waals surface area (Å²) < 4.78 is 70.1. The summed E-state index contributed by atoms with van der Waals surface area (Å²) in [7, 11) is 0. The molecule has 0 aromatic heterocycles. The fourth-order valence-electron chi connectivity index (χ4n) is 1.97. The number of alkyl halides is 5. The van der Waals surface area contributed by atoms with Crippen LogP contribution < -0.4 is 0 Å². The Morgan fingerprint density at radius 3 is 1.81 bits per heavy atom. The molecular formula is C17H27F5O4. The van der Waals surface area contributed by atoms with Gasteiger partial charge in [0.2, 0.25) is 0 Å². The highest BCUT2D eigenvalue weighted by atomic mass is 19.4. The maximum Gasteiger partial charge on any atom is 0.456 e. The zero-order valence-electron chi connectivity index (χ0n) is 15.9. The molecule has 1 unspecified atom stereocenters. The molecule has 0 heterocycles. The van der Waals surface area contributed by atoms with Crippen LogP contribution in [0, 0.1) is 16.7 Å². The Hall–Kier alpha value is -1.41. The third kappa shape index (κ3) is 7.86. The molecule has 1 atom stereocenters. The first-order valence-electron chi connectivity index (χ1n) is 8.20. The quantitative estimate of drug-likeness (QED) is 0.443. The van der Waals surface area contributed by atoms with E-state index in [-0.39, 0.29) is 5.41 Å². The van der Waals surface area contributed by atoms with Gasteiger partial charge < -0.3 is 9.47 Å². The van der Waals surface area contributed by atoms with Gasteiger partial charge in [-0.3, -0.25) is 4.79 Å². The monoisotopic (exact) mass is 390 g/mol. The van der Waals surface area contributed by atoms with Crippen LogP contribution in [-0.4, -0.2) is 37.3 Å². The van der Waals surface area contributed by atoms with E-state index in [0.717, 1.165) is 6.42 Å². The van der Waals surface area contributed by atoms with Gasteiger partial charge in [-0.1, -0.05) is 48.0 Å². The molecule has 0 aliphatic carbocycles. The SMILES string of the molecule is CCC(C)(C)CC(C(=O)OCC(=O)OCC(F)(F)C(F)(F)F)C(C)(C)C. The highest BCUT2D eigenvalue weighted by Crippen LogP contribution is 2.39. The van der Waals surface area contributed by atoms with Crippen molar-refractivity contribution in [2.75, 3.05) is 13.2 Å². The second-order valence-corrected chi connectivity index (χ2v) is 8.11. The number of ether oxygens (including phenoxy) is 2. The van der Waals surface area contributed by atoms with Crippen LogP contribution in [0.15, 0.2) is 0 Å². The number of carbonyl (C=O) groups is 2. The Bertz CT molecular complexity index is 492. The molecule has 0 spiro atoms. The van der Waals surface area contributed by atoms with Gasteiger partial charge >= 0.3 is 24.0 Å². The minimum absolute atomic E-state index is 0.174. The second kappa shape index (κ2) is 8.52. The molecule has 9 heteroatoms. The Labute approximate surface area is 150 Å². The van der Waals surface area contributed by atoms with E-state index in [1.54, 1.807) is 0 Å². The lowest BCUT2D eigenvalue weighted by atomic mass is 9.70. The summed E-state index contributed by atoms with van der Waals surface area (Å²) in [4.78, 5) is 23.6. The van der Waals surface area contributed by atoms with Crippen LogP contribution in [0.25, 0.3) is 0 Å². The molecule has 0 amide bonds. The number of carbonyl (C=O) groups excluding carboxylic acids is 2. The second-order valence-electron chi connectivity index (χ2n) is 8.11. The lowest BCUT2D eigenvalue weighted by Crippen LogP contribution is -2.42. The fourth-order valence-corrected chi connectivity index (χ4v) is 1.97. The van der Waals surface area contributed by atoms with E-state index >= 15 is 0 Å². The molecule has 0 saturated heterocycles. The zero-order valence-corrected chi connectivity index (χ0v) is 15.9. The molecule has 0 radical (unpaired) electrons. The highest BCUT2D eigenvalue weighted by molar-refractivity contribution is 5.78. The van der Waals surface area contributed by atoms with Gasteiger partial charge in [0.15, 0.2) is 13.2 Å². The topological polar surface area (TPSA) is 52.6 Å². The maximum absolute atomic E-state index is 12.7. The average Bonchev–Trinajstić information content (AvgIpc) is 2.46. The predicted octanol–water partition coefficient (Wildman–Crippen LogP) is 4.76. The molecule has 0 saturated carbocycles. The van der Waals surface area contributed by atoms with Crippen LogP contribution in [0.1, 0.15) is 54.4 Å². The van der Waals surface area contributed by atoms with E-state index < -0.39 is 48.6 Å². The highest BCUT2D eigenvalue weighted by Gasteiger charge is 2.58. The van der Waals surface area contributed by atoms with E-state index in [1.165, 1.54) is 0 Å². The molecule has 0 aliphatic heterocycles. The standard InChI is InChI=1S/C17H27F5O4/c1-7-15(5,6)8-11(14(2,3)4)13(24)25-9-12(23)26-10-16(18,19)17(20,21)22/h11H,7-10H2,1-6H3. The summed E-state index contributed by atoms with van der Waals surface area (Å²) in [5.74, 6) is -7.93. The molecule has 0 aliphatic rings. The number of hydrogen-bond donors (Lipinski definition) is 0. The number of esters is 2. The first kappa shape index (κ1) is 24.6. The van der Waals surface area contributed by atoms with Crippen molar-refractivity contribution in [1.29, 1.82) is 0 Å². The van der Waals surface area contributed by atoms with Crippen molar-refractivity contribution >= 4 is 11.9 Å². The lowest BCUT2D eigenvalue weighted by molar-refractivity contribution is -0.294. The molecule has 0 aromatic carbocycles. The number of halogens is 5. The van der Waals surface area contributed by atoms with Gasteiger partial charge in [-0.05, 0) is 17.3 Å². The molecule has 4 nitrogen and oxygen atoms in total. The van der Waals surface area contributed by atoms with Crippen molar-refractivity contribution in [3.63, 3.8) is 0 Å². The van der Waals surface area contributed by atoms with Gasteiger partial charge in [-0.15, -0.1) is 0 Å². The molecule has 0 bridgehead atoms. The van der Waals surface area contributed by atoms with Crippen molar-refractivity contribution in [3.05, 3.63) is 0 Å². The van der Waals surface area contributed by atoms with Crippen molar-refractivity contribution in [2.45, 2.75) is 66.5 Å². The predicted molar refractivity (Wildman–Crippen MR) is 84.6 cm³/mol. The Morgan fingerprint density at radius 1 is 0.923 bits per heavy atom. The summed E-state index contributed by atoms with van der Waals surface area (Å²) in [6.45, 7) is 8.15. The van der Waals surface area contributed by atoms with Crippen LogP contribution in [0.2, 0.25) is 0 Å². The first-order valence-corrected chi connectivity index (χ1v) is 8.20. The fraction of sp³-hybridized carbons (Fsp3) is 0.882. The van der Waals surface area contributed by atoms with Gasteiger partial charge in [0.1, 0.15) is 0 Å². The van der Waals surface area contributed by atoms with Gasteiger partial charge in [0, 0.05) is 0 Å². The summed E-state index contributed by atoms with van der Waals surface area (Å²) in [6.07, 6.45) is -4.57. The van der Waals surface area contributed by atoms with E-state index in [9.17, 15) is 31.5 Å². The molecule has 26 heavy (non-hydrogen) atoms. The molecular weight excluding hydrogens is 363 g/mol. The van der Waals surface area contributed by atoms with Crippen LogP contribution in [0.5, 0.6) is 0 Å². The average molecular weight is 390 g/mol. The third-order valence-electron chi connectivity index (χ3n) is 4.21. The van der Waals surface area contributed by atoms with Gasteiger partial charge in [0.05, 0.1) is 5.92 Å². The summed E-state index contributed by atoms with van der Waals surface area (Å²) in [5.41, 5.74) is -0.664. The summed E-state index contributed by atoms with van der Waals surface area (Å²) in [5, 5.41) is 0. The number of rotatable bonds is 8. The minimum atomic E-state index is -5.83. The Kier molecular flexibility index (Phi) is 8.06. The molecule has 154 valence electrons. The number of hydrogen-bond acceptors (Lipinski definition) is 4. The Balaban J connectivity index is 4.76.